The summed E-state index contributed by atoms with van der Waals surface area (Å²) in [5.74, 6) is -1.65. The van der Waals surface area contributed by atoms with Gasteiger partial charge in [-0.3, -0.25) is 14.4 Å². The third-order valence-electron chi connectivity index (χ3n) is 5.27. The second-order valence-corrected chi connectivity index (χ2v) is 8.61. The van der Waals surface area contributed by atoms with E-state index in [0.29, 0.717) is 17.1 Å². The Morgan fingerprint density at radius 3 is 2.56 bits per heavy atom. The highest BCUT2D eigenvalue weighted by Crippen LogP contribution is 2.30. The number of carbonyl (C=O) groups excluding carboxylic acids is 2. The summed E-state index contributed by atoms with van der Waals surface area (Å²) in [6.45, 7) is 5.89. The van der Waals surface area contributed by atoms with E-state index >= 15 is 0 Å². The number of hydrogen-bond acceptors (Lipinski definition) is 5. The average molecular weight is 391 g/mol. The summed E-state index contributed by atoms with van der Waals surface area (Å²) in [7, 11) is 0. The zero-order valence-electron chi connectivity index (χ0n) is 15.6. The molecule has 0 radical (unpaired) electrons. The van der Waals surface area contributed by atoms with Crippen LogP contribution in [0.5, 0.6) is 0 Å². The Morgan fingerprint density at radius 2 is 1.93 bits per heavy atom. The highest BCUT2D eigenvalue weighted by atomic mass is 32.2. The predicted molar refractivity (Wildman–Crippen MR) is 102 cm³/mol. The van der Waals surface area contributed by atoms with Gasteiger partial charge < -0.3 is 14.9 Å². The standard InChI is InChI=1S/C19H25N3O4S/c1-12-10-22(11-15(12)19(25)26)18(24)14-6-5-7-20-16(14)27-13(2)17(23)21-8-3-4-9-21/h5-7,12-13,15H,3-4,8-11H2,1-2H3,(H,25,26)/t12-,13?,15-/m1/s1. The summed E-state index contributed by atoms with van der Waals surface area (Å²) in [5.41, 5.74) is 0.432. The van der Waals surface area contributed by atoms with Crippen molar-refractivity contribution < 1.29 is 19.5 Å². The van der Waals surface area contributed by atoms with Crippen molar-refractivity contribution in [2.75, 3.05) is 26.2 Å². The van der Waals surface area contributed by atoms with Gasteiger partial charge in [-0.1, -0.05) is 18.7 Å². The highest BCUT2D eigenvalue weighted by molar-refractivity contribution is 8.00. The molecule has 1 aromatic heterocycles. The van der Waals surface area contributed by atoms with Crippen molar-refractivity contribution in [1.82, 2.24) is 14.8 Å². The number of likely N-dealkylation sites (tertiary alicyclic amines) is 2. The van der Waals surface area contributed by atoms with Crippen LogP contribution in [0.1, 0.15) is 37.0 Å². The molecule has 1 N–H and O–H groups in total. The molecule has 0 bridgehead atoms. The average Bonchev–Trinajstić information content (AvgIpc) is 3.30. The molecular formula is C19H25N3O4S. The summed E-state index contributed by atoms with van der Waals surface area (Å²) in [4.78, 5) is 44.6. The molecule has 3 heterocycles. The number of amides is 2. The zero-order chi connectivity index (χ0) is 19.6. The molecule has 0 saturated carbocycles. The van der Waals surface area contributed by atoms with E-state index in [0.717, 1.165) is 25.9 Å². The molecule has 2 fully saturated rings. The molecule has 146 valence electrons. The molecule has 3 rings (SSSR count). The van der Waals surface area contributed by atoms with E-state index in [9.17, 15) is 19.5 Å². The number of rotatable bonds is 5. The van der Waals surface area contributed by atoms with Crippen LogP contribution >= 0.6 is 11.8 Å². The molecule has 2 saturated heterocycles. The van der Waals surface area contributed by atoms with Crippen molar-refractivity contribution in [1.29, 1.82) is 0 Å². The third kappa shape index (κ3) is 4.26. The van der Waals surface area contributed by atoms with E-state index in [1.54, 1.807) is 23.2 Å². The second-order valence-electron chi connectivity index (χ2n) is 7.28. The van der Waals surface area contributed by atoms with Crippen LogP contribution in [0.15, 0.2) is 23.4 Å². The molecule has 0 aliphatic carbocycles. The van der Waals surface area contributed by atoms with Crippen LogP contribution in [0.2, 0.25) is 0 Å². The maximum absolute atomic E-state index is 13.0. The molecule has 0 aromatic carbocycles. The van der Waals surface area contributed by atoms with Gasteiger partial charge in [-0.25, -0.2) is 4.98 Å². The number of hydrogen-bond donors (Lipinski definition) is 1. The minimum Gasteiger partial charge on any atom is -0.481 e. The number of carbonyl (C=O) groups is 3. The van der Waals surface area contributed by atoms with Gasteiger partial charge >= 0.3 is 5.97 Å². The molecular weight excluding hydrogens is 366 g/mol. The summed E-state index contributed by atoms with van der Waals surface area (Å²) in [6.07, 6.45) is 3.68. The number of aliphatic carboxylic acids is 1. The Hall–Kier alpha value is -2.09. The molecule has 1 unspecified atom stereocenters. The zero-order valence-corrected chi connectivity index (χ0v) is 16.4. The molecule has 1 aromatic rings. The quantitative estimate of drug-likeness (QED) is 0.772. The van der Waals surface area contributed by atoms with Crippen molar-refractivity contribution >= 4 is 29.5 Å². The van der Waals surface area contributed by atoms with Gasteiger partial charge in [0.2, 0.25) is 5.91 Å². The second kappa shape index (κ2) is 8.29. The minimum atomic E-state index is -0.872. The lowest BCUT2D eigenvalue weighted by atomic mass is 9.99. The molecule has 0 spiro atoms. The Morgan fingerprint density at radius 1 is 1.22 bits per heavy atom. The lowest BCUT2D eigenvalue weighted by Gasteiger charge is -2.21. The highest BCUT2D eigenvalue weighted by Gasteiger charge is 2.38. The van der Waals surface area contributed by atoms with E-state index in [1.165, 1.54) is 11.8 Å². The smallest absolute Gasteiger partial charge is 0.308 e. The van der Waals surface area contributed by atoms with Crippen LogP contribution in [0.25, 0.3) is 0 Å². The Bertz CT molecular complexity index is 735. The Kier molecular flexibility index (Phi) is 6.04. The van der Waals surface area contributed by atoms with Gasteiger partial charge in [0.25, 0.3) is 5.91 Å². The maximum Gasteiger partial charge on any atom is 0.308 e. The fourth-order valence-electron chi connectivity index (χ4n) is 3.68. The van der Waals surface area contributed by atoms with E-state index in [-0.39, 0.29) is 29.5 Å². The molecule has 27 heavy (non-hydrogen) atoms. The van der Waals surface area contributed by atoms with Gasteiger partial charge in [0, 0.05) is 32.4 Å². The maximum atomic E-state index is 13.0. The summed E-state index contributed by atoms with van der Waals surface area (Å²) in [6, 6.07) is 3.39. The number of aromatic nitrogens is 1. The number of pyridine rings is 1. The number of nitrogens with zero attached hydrogens (tertiary/aromatic N) is 3. The first-order valence-corrected chi connectivity index (χ1v) is 10.2. The molecule has 3 atom stereocenters. The van der Waals surface area contributed by atoms with Crippen molar-refractivity contribution in [3.63, 3.8) is 0 Å². The first-order valence-electron chi connectivity index (χ1n) is 9.31. The van der Waals surface area contributed by atoms with Crippen LogP contribution in [0.4, 0.5) is 0 Å². The van der Waals surface area contributed by atoms with Gasteiger partial charge in [0.1, 0.15) is 5.03 Å². The molecule has 2 aliphatic rings. The molecule has 2 amide bonds. The van der Waals surface area contributed by atoms with E-state index in [1.807, 2.05) is 18.7 Å². The fourth-order valence-corrected chi connectivity index (χ4v) is 4.67. The number of carboxylic acids is 1. The largest absolute Gasteiger partial charge is 0.481 e. The predicted octanol–water partition coefficient (Wildman–Crippen LogP) is 1.98. The monoisotopic (exact) mass is 391 g/mol. The van der Waals surface area contributed by atoms with E-state index in [2.05, 4.69) is 4.98 Å². The van der Waals surface area contributed by atoms with E-state index in [4.69, 9.17) is 0 Å². The molecule has 8 heteroatoms. The van der Waals surface area contributed by atoms with Crippen LogP contribution in [0, 0.1) is 11.8 Å². The van der Waals surface area contributed by atoms with Crippen LogP contribution in [0.3, 0.4) is 0 Å². The topological polar surface area (TPSA) is 90.8 Å². The van der Waals surface area contributed by atoms with Crippen molar-refractivity contribution in [3.05, 3.63) is 23.9 Å². The SMILES string of the molecule is CC(Sc1ncccc1C(=O)N1C[C@@H](C)[C@H](C(=O)O)C1)C(=O)N1CCCC1. The van der Waals surface area contributed by atoms with Crippen molar-refractivity contribution in [3.8, 4) is 0 Å². The van der Waals surface area contributed by atoms with Crippen LogP contribution in [-0.2, 0) is 9.59 Å². The summed E-state index contributed by atoms with van der Waals surface area (Å²) >= 11 is 1.29. The van der Waals surface area contributed by atoms with Gasteiger partial charge in [-0.05, 0) is 37.8 Å². The summed E-state index contributed by atoms with van der Waals surface area (Å²) < 4.78 is 0. The Balaban J connectivity index is 1.73. The number of thioether (sulfide) groups is 1. The van der Waals surface area contributed by atoms with E-state index < -0.39 is 11.9 Å². The third-order valence-corrected chi connectivity index (χ3v) is 6.38. The molecule has 7 nitrogen and oxygen atoms in total. The Labute approximate surface area is 163 Å². The lowest BCUT2D eigenvalue weighted by Crippen LogP contribution is -2.34. The first-order chi connectivity index (χ1) is 12.9. The first kappa shape index (κ1) is 19.7. The van der Waals surface area contributed by atoms with Gasteiger partial charge in [0.05, 0.1) is 16.7 Å². The minimum absolute atomic E-state index is 0.0716. The lowest BCUT2D eigenvalue weighted by molar-refractivity contribution is -0.142. The normalized spacial score (nSPS) is 23.5. The van der Waals surface area contributed by atoms with Gasteiger partial charge in [0.15, 0.2) is 0 Å². The van der Waals surface area contributed by atoms with Crippen molar-refractivity contribution in [2.24, 2.45) is 11.8 Å². The van der Waals surface area contributed by atoms with Crippen LogP contribution < -0.4 is 0 Å². The summed E-state index contributed by atoms with van der Waals surface area (Å²) in [5, 5.41) is 9.49. The van der Waals surface area contributed by atoms with Gasteiger partial charge in [-0.15, -0.1) is 0 Å². The van der Waals surface area contributed by atoms with Crippen LogP contribution in [-0.4, -0.2) is 69.1 Å². The molecule has 2 aliphatic heterocycles. The fraction of sp³-hybridized carbons (Fsp3) is 0.579. The van der Waals surface area contributed by atoms with Gasteiger partial charge in [-0.2, -0.15) is 0 Å². The number of carboxylic acid groups (broad SMARTS) is 1. The van der Waals surface area contributed by atoms with Crippen molar-refractivity contribution in [2.45, 2.75) is 37.0 Å².